The van der Waals surface area contributed by atoms with Gasteiger partial charge in [0, 0.05) is 11.8 Å². The SMILES string of the molecule is CCc1cccnc1C(N)c1cc(C)ccc1OC. The van der Waals surface area contributed by atoms with Crippen molar-refractivity contribution >= 4 is 0 Å². The lowest BCUT2D eigenvalue weighted by Gasteiger charge is -2.18. The summed E-state index contributed by atoms with van der Waals surface area (Å²) in [5.74, 6) is 0.811. The zero-order valence-electron chi connectivity index (χ0n) is 11.7. The molecule has 2 N–H and O–H groups in total. The Kier molecular flexibility index (Phi) is 4.17. The molecule has 2 aromatic rings. The van der Waals surface area contributed by atoms with Crippen molar-refractivity contribution in [3.05, 3.63) is 58.9 Å². The van der Waals surface area contributed by atoms with Crippen molar-refractivity contribution < 1.29 is 4.74 Å². The lowest BCUT2D eigenvalue weighted by molar-refractivity contribution is 0.407. The van der Waals surface area contributed by atoms with Crippen LogP contribution in [0.2, 0.25) is 0 Å². The predicted molar refractivity (Wildman–Crippen MR) is 77.4 cm³/mol. The van der Waals surface area contributed by atoms with E-state index in [1.165, 1.54) is 11.1 Å². The van der Waals surface area contributed by atoms with Gasteiger partial charge in [0.25, 0.3) is 0 Å². The molecule has 100 valence electrons. The Morgan fingerprint density at radius 2 is 2.11 bits per heavy atom. The number of hydrogen-bond acceptors (Lipinski definition) is 3. The lowest BCUT2D eigenvalue weighted by Crippen LogP contribution is -2.16. The molecule has 0 bridgehead atoms. The largest absolute Gasteiger partial charge is 0.496 e. The van der Waals surface area contributed by atoms with Crippen molar-refractivity contribution in [2.45, 2.75) is 26.3 Å². The van der Waals surface area contributed by atoms with Gasteiger partial charge in [-0.1, -0.05) is 30.7 Å². The first kappa shape index (κ1) is 13.6. The van der Waals surface area contributed by atoms with Gasteiger partial charge in [0.05, 0.1) is 18.8 Å². The summed E-state index contributed by atoms with van der Waals surface area (Å²) in [5, 5.41) is 0. The van der Waals surface area contributed by atoms with Crippen molar-refractivity contribution in [3.63, 3.8) is 0 Å². The van der Waals surface area contributed by atoms with Crippen LogP contribution in [-0.2, 0) is 6.42 Å². The fourth-order valence-corrected chi connectivity index (χ4v) is 2.27. The van der Waals surface area contributed by atoms with Crippen molar-refractivity contribution in [1.82, 2.24) is 4.98 Å². The molecule has 3 heteroatoms. The number of nitrogens with two attached hydrogens (primary N) is 1. The maximum Gasteiger partial charge on any atom is 0.124 e. The Balaban J connectivity index is 2.49. The van der Waals surface area contributed by atoms with Gasteiger partial charge >= 0.3 is 0 Å². The Bertz CT molecular complexity index is 566. The summed E-state index contributed by atoms with van der Waals surface area (Å²) >= 11 is 0. The third kappa shape index (κ3) is 2.76. The molecule has 1 aromatic carbocycles. The van der Waals surface area contributed by atoms with Crippen LogP contribution in [0.15, 0.2) is 36.5 Å². The van der Waals surface area contributed by atoms with E-state index in [0.29, 0.717) is 0 Å². The fourth-order valence-electron chi connectivity index (χ4n) is 2.27. The van der Waals surface area contributed by atoms with Crippen LogP contribution >= 0.6 is 0 Å². The van der Waals surface area contributed by atoms with E-state index in [1.54, 1.807) is 13.3 Å². The minimum absolute atomic E-state index is 0.258. The highest BCUT2D eigenvalue weighted by atomic mass is 16.5. The third-order valence-corrected chi connectivity index (χ3v) is 3.32. The van der Waals surface area contributed by atoms with E-state index in [2.05, 4.69) is 31.0 Å². The average molecular weight is 256 g/mol. The number of benzene rings is 1. The highest BCUT2D eigenvalue weighted by Gasteiger charge is 2.17. The minimum atomic E-state index is -0.258. The third-order valence-electron chi connectivity index (χ3n) is 3.32. The van der Waals surface area contributed by atoms with Crippen molar-refractivity contribution in [3.8, 4) is 5.75 Å². The first-order chi connectivity index (χ1) is 9.17. The van der Waals surface area contributed by atoms with Crippen LogP contribution in [0.5, 0.6) is 5.75 Å². The molecule has 1 aromatic heterocycles. The molecule has 0 amide bonds. The van der Waals surface area contributed by atoms with E-state index in [4.69, 9.17) is 10.5 Å². The van der Waals surface area contributed by atoms with Crippen molar-refractivity contribution in [2.75, 3.05) is 7.11 Å². The molecule has 0 saturated heterocycles. The average Bonchev–Trinajstić information content (AvgIpc) is 2.46. The monoisotopic (exact) mass is 256 g/mol. The molecule has 0 spiro atoms. The van der Waals surface area contributed by atoms with Gasteiger partial charge in [-0.25, -0.2) is 0 Å². The molecule has 0 saturated carbocycles. The van der Waals surface area contributed by atoms with Crippen molar-refractivity contribution in [2.24, 2.45) is 5.73 Å². The number of pyridine rings is 1. The number of aromatic nitrogens is 1. The summed E-state index contributed by atoms with van der Waals surface area (Å²) in [6.45, 7) is 4.16. The van der Waals surface area contributed by atoms with Gasteiger partial charge in [-0.2, -0.15) is 0 Å². The molecule has 0 aliphatic heterocycles. The summed E-state index contributed by atoms with van der Waals surface area (Å²) < 4.78 is 5.41. The standard InChI is InChI=1S/C16H20N2O/c1-4-12-6-5-9-18-16(12)15(17)13-10-11(2)7-8-14(13)19-3/h5-10,15H,4,17H2,1-3H3. The number of rotatable bonds is 4. The molecule has 0 aliphatic carbocycles. The van der Waals surface area contributed by atoms with E-state index < -0.39 is 0 Å². The summed E-state index contributed by atoms with van der Waals surface area (Å²) in [6.07, 6.45) is 2.71. The number of ether oxygens (including phenoxy) is 1. The quantitative estimate of drug-likeness (QED) is 0.914. The molecule has 2 rings (SSSR count). The Morgan fingerprint density at radius 1 is 1.32 bits per heavy atom. The van der Waals surface area contributed by atoms with E-state index in [-0.39, 0.29) is 6.04 Å². The van der Waals surface area contributed by atoms with Crippen LogP contribution < -0.4 is 10.5 Å². The van der Waals surface area contributed by atoms with E-state index in [1.807, 2.05) is 18.2 Å². The predicted octanol–water partition coefficient (Wildman–Crippen LogP) is 3.01. The van der Waals surface area contributed by atoms with Gasteiger partial charge in [-0.15, -0.1) is 0 Å². The highest BCUT2D eigenvalue weighted by molar-refractivity contribution is 5.43. The molecule has 1 unspecified atom stereocenters. The molecular formula is C16H20N2O. The second-order valence-corrected chi connectivity index (χ2v) is 4.62. The highest BCUT2D eigenvalue weighted by Crippen LogP contribution is 2.29. The molecule has 3 nitrogen and oxygen atoms in total. The molecule has 19 heavy (non-hydrogen) atoms. The molecule has 1 atom stereocenters. The number of hydrogen-bond donors (Lipinski definition) is 1. The normalized spacial score (nSPS) is 12.2. The first-order valence-corrected chi connectivity index (χ1v) is 6.51. The fraction of sp³-hybridized carbons (Fsp3) is 0.312. The lowest BCUT2D eigenvalue weighted by atomic mass is 9.97. The van der Waals surface area contributed by atoms with Crippen LogP contribution in [0.1, 0.15) is 35.3 Å². The molecular weight excluding hydrogens is 236 g/mol. The Hall–Kier alpha value is -1.87. The van der Waals surface area contributed by atoms with Gasteiger partial charge in [-0.3, -0.25) is 4.98 Å². The Morgan fingerprint density at radius 3 is 2.79 bits per heavy atom. The van der Waals surface area contributed by atoms with Gasteiger partial charge in [-0.05, 0) is 31.0 Å². The minimum Gasteiger partial charge on any atom is -0.496 e. The smallest absolute Gasteiger partial charge is 0.124 e. The van der Waals surface area contributed by atoms with E-state index >= 15 is 0 Å². The van der Waals surface area contributed by atoms with E-state index in [0.717, 1.165) is 23.4 Å². The summed E-state index contributed by atoms with van der Waals surface area (Å²) in [5.41, 5.74) is 10.6. The first-order valence-electron chi connectivity index (χ1n) is 6.51. The second kappa shape index (κ2) is 5.85. The number of methoxy groups -OCH3 is 1. The zero-order chi connectivity index (χ0) is 13.8. The second-order valence-electron chi connectivity index (χ2n) is 4.62. The molecule has 0 fully saturated rings. The van der Waals surface area contributed by atoms with Crippen LogP contribution in [-0.4, -0.2) is 12.1 Å². The molecule has 0 radical (unpaired) electrons. The van der Waals surface area contributed by atoms with Crippen LogP contribution in [0.3, 0.4) is 0 Å². The summed E-state index contributed by atoms with van der Waals surface area (Å²) in [6, 6.07) is 9.81. The number of nitrogens with zero attached hydrogens (tertiary/aromatic N) is 1. The van der Waals surface area contributed by atoms with Crippen LogP contribution in [0.25, 0.3) is 0 Å². The Labute approximate surface area is 114 Å². The van der Waals surface area contributed by atoms with Gasteiger partial charge in [0.1, 0.15) is 5.75 Å². The maximum absolute atomic E-state index is 6.40. The summed E-state index contributed by atoms with van der Waals surface area (Å²) in [4.78, 5) is 4.45. The van der Waals surface area contributed by atoms with Crippen LogP contribution in [0.4, 0.5) is 0 Å². The topological polar surface area (TPSA) is 48.1 Å². The van der Waals surface area contributed by atoms with Gasteiger partial charge < -0.3 is 10.5 Å². The van der Waals surface area contributed by atoms with Gasteiger partial charge in [0.2, 0.25) is 0 Å². The van der Waals surface area contributed by atoms with Gasteiger partial charge in [0.15, 0.2) is 0 Å². The number of aryl methyl sites for hydroxylation is 2. The van der Waals surface area contributed by atoms with E-state index in [9.17, 15) is 0 Å². The van der Waals surface area contributed by atoms with Crippen LogP contribution in [0, 0.1) is 6.92 Å². The molecule has 1 heterocycles. The summed E-state index contributed by atoms with van der Waals surface area (Å²) in [7, 11) is 1.67. The maximum atomic E-state index is 6.40. The zero-order valence-corrected chi connectivity index (χ0v) is 11.7. The molecule has 0 aliphatic rings. The van der Waals surface area contributed by atoms with Crippen molar-refractivity contribution in [1.29, 1.82) is 0 Å².